The molecule has 1 heterocycles. The summed E-state index contributed by atoms with van der Waals surface area (Å²) >= 11 is 0. The summed E-state index contributed by atoms with van der Waals surface area (Å²) in [5.41, 5.74) is 1.70. The maximum atomic E-state index is 13.3. The summed E-state index contributed by atoms with van der Waals surface area (Å²) in [5.74, 6) is 0.363. The van der Waals surface area contributed by atoms with Gasteiger partial charge in [0.05, 0.1) is 11.6 Å². The van der Waals surface area contributed by atoms with Gasteiger partial charge in [-0.1, -0.05) is 218 Å². The Hall–Kier alpha value is -2.50. The van der Waals surface area contributed by atoms with E-state index in [0.29, 0.717) is 12.3 Å². The van der Waals surface area contributed by atoms with E-state index in [4.69, 9.17) is 4.74 Å². The fourth-order valence-corrected chi connectivity index (χ4v) is 7.87. The second-order valence-electron chi connectivity index (χ2n) is 15.7. The molecule has 0 aliphatic carbocycles. The Morgan fingerprint density at radius 2 is 0.981 bits per heavy atom. The number of benzene rings is 1. The second-order valence-corrected chi connectivity index (χ2v) is 15.7. The first-order valence-corrected chi connectivity index (χ1v) is 22.3. The third-order valence-electron chi connectivity index (χ3n) is 11.1. The Morgan fingerprint density at radius 3 is 1.40 bits per heavy atom. The van der Waals surface area contributed by atoms with Gasteiger partial charge in [-0.3, -0.25) is 4.79 Å². The SMILES string of the molecule is CCCCCCCCCCCCCCCCCC(=O)NC(CCCCCCCCCCCCCCCCC)c1c(OC(=O)O)n(C)c2ccccc12. The quantitative estimate of drug-likeness (QED) is 0.0548. The van der Waals surface area contributed by atoms with Gasteiger partial charge in [-0.2, -0.15) is 0 Å². The summed E-state index contributed by atoms with van der Waals surface area (Å²) < 4.78 is 7.18. The van der Waals surface area contributed by atoms with Crippen molar-refractivity contribution in [3.63, 3.8) is 0 Å². The molecule has 0 radical (unpaired) electrons. The van der Waals surface area contributed by atoms with Crippen LogP contribution in [0.4, 0.5) is 4.79 Å². The Bertz CT molecular complexity index is 1170. The Morgan fingerprint density at radius 1 is 0.596 bits per heavy atom. The minimum absolute atomic E-state index is 0.0508. The molecule has 0 bridgehead atoms. The first-order chi connectivity index (χ1) is 25.5. The molecule has 0 fully saturated rings. The van der Waals surface area contributed by atoms with Crippen LogP contribution in [0.1, 0.15) is 231 Å². The van der Waals surface area contributed by atoms with Gasteiger partial charge in [0.1, 0.15) is 0 Å². The molecule has 0 aliphatic rings. The van der Waals surface area contributed by atoms with E-state index in [1.54, 1.807) is 4.57 Å². The fourth-order valence-electron chi connectivity index (χ4n) is 7.87. The van der Waals surface area contributed by atoms with Gasteiger partial charge in [-0.25, -0.2) is 4.79 Å². The lowest BCUT2D eigenvalue weighted by molar-refractivity contribution is -0.122. The molecule has 6 heteroatoms. The molecule has 0 spiro atoms. The molecule has 1 amide bonds. The molecule has 2 N–H and O–H groups in total. The Labute approximate surface area is 319 Å². The number of fused-ring (bicyclic) bond motifs is 1. The van der Waals surface area contributed by atoms with Crippen molar-refractivity contribution in [1.82, 2.24) is 9.88 Å². The minimum atomic E-state index is -1.33. The molecular formula is C46H80N2O4. The van der Waals surface area contributed by atoms with Crippen LogP contribution >= 0.6 is 0 Å². The largest absolute Gasteiger partial charge is 0.512 e. The van der Waals surface area contributed by atoms with Crippen LogP contribution in [0.15, 0.2) is 24.3 Å². The number of rotatable bonds is 35. The maximum absolute atomic E-state index is 13.3. The minimum Gasteiger partial charge on any atom is -0.449 e. The number of amides is 1. The highest BCUT2D eigenvalue weighted by atomic mass is 16.7. The average molecular weight is 725 g/mol. The molecule has 0 saturated carbocycles. The van der Waals surface area contributed by atoms with Crippen molar-refractivity contribution < 1.29 is 19.4 Å². The van der Waals surface area contributed by atoms with Crippen LogP contribution in [0.5, 0.6) is 5.88 Å². The molecule has 1 unspecified atom stereocenters. The van der Waals surface area contributed by atoms with Crippen molar-refractivity contribution in [3.8, 4) is 5.88 Å². The number of carbonyl (C=O) groups excluding carboxylic acids is 1. The van der Waals surface area contributed by atoms with Crippen LogP contribution in [0.2, 0.25) is 0 Å². The van der Waals surface area contributed by atoms with E-state index in [9.17, 15) is 14.7 Å². The summed E-state index contributed by atoms with van der Waals surface area (Å²) in [4.78, 5) is 25.1. The Kier molecular flexibility index (Phi) is 27.1. The molecule has 0 saturated heterocycles. The zero-order chi connectivity index (χ0) is 37.5. The first-order valence-electron chi connectivity index (χ1n) is 22.3. The van der Waals surface area contributed by atoms with Gasteiger partial charge < -0.3 is 19.7 Å². The van der Waals surface area contributed by atoms with E-state index < -0.39 is 6.16 Å². The number of ether oxygens (including phenoxy) is 1. The van der Waals surface area contributed by atoms with Crippen LogP contribution < -0.4 is 10.1 Å². The maximum Gasteiger partial charge on any atom is 0.512 e. The van der Waals surface area contributed by atoms with Crippen LogP contribution in [-0.4, -0.2) is 21.7 Å². The number of hydrogen-bond acceptors (Lipinski definition) is 3. The van der Waals surface area contributed by atoms with E-state index in [1.807, 2.05) is 31.3 Å². The van der Waals surface area contributed by atoms with Gasteiger partial charge >= 0.3 is 6.16 Å². The summed E-state index contributed by atoms with van der Waals surface area (Å²) in [6.45, 7) is 4.56. The molecule has 298 valence electrons. The summed E-state index contributed by atoms with van der Waals surface area (Å²) in [6.07, 6.45) is 39.1. The standard InChI is InChI=1S/C46H80N2O4/c1-4-6-8-10-12-14-16-18-20-22-24-26-28-30-32-37-41(44-40-36-34-35-38-42(40)48(3)45(44)52-46(50)51)47-43(49)39-33-31-29-27-25-23-21-19-17-15-13-11-9-7-5-2/h34-36,38,41H,4-33,37,39H2,1-3H3,(H,47,49)(H,50,51). The van der Waals surface area contributed by atoms with Crippen molar-refractivity contribution in [2.24, 2.45) is 7.05 Å². The number of para-hydroxylation sites is 1. The molecule has 2 rings (SSSR count). The predicted molar refractivity (Wildman–Crippen MR) is 222 cm³/mol. The van der Waals surface area contributed by atoms with Gasteiger partial charge in [0.15, 0.2) is 0 Å². The van der Waals surface area contributed by atoms with Crippen molar-refractivity contribution in [2.45, 2.75) is 225 Å². The van der Waals surface area contributed by atoms with Gasteiger partial charge in [-0.15, -0.1) is 0 Å². The summed E-state index contributed by atoms with van der Waals surface area (Å²) in [5, 5.41) is 13.9. The van der Waals surface area contributed by atoms with Crippen molar-refractivity contribution in [2.75, 3.05) is 0 Å². The molecule has 0 aliphatic heterocycles. The van der Waals surface area contributed by atoms with Gasteiger partial charge in [0.2, 0.25) is 11.8 Å². The second kappa shape index (κ2) is 30.9. The van der Waals surface area contributed by atoms with E-state index in [0.717, 1.165) is 48.6 Å². The number of carbonyl (C=O) groups is 2. The summed E-state index contributed by atoms with van der Waals surface area (Å²) in [7, 11) is 1.84. The zero-order valence-corrected chi connectivity index (χ0v) is 34.1. The van der Waals surface area contributed by atoms with Crippen molar-refractivity contribution in [3.05, 3.63) is 29.8 Å². The number of nitrogens with one attached hydrogen (secondary N) is 1. The molecule has 52 heavy (non-hydrogen) atoms. The number of hydrogen-bond donors (Lipinski definition) is 2. The van der Waals surface area contributed by atoms with Crippen LogP contribution in [-0.2, 0) is 11.8 Å². The van der Waals surface area contributed by atoms with Gasteiger partial charge in [0.25, 0.3) is 0 Å². The van der Waals surface area contributed by atoms with E-state index in [1.165, 1.54) is 167 Å². The lowest BCUT2D eigenvalue weighted by atomic mass is 9.97. The number of nitrogens with zero attached hydrogens (tertiary/aromatic N) is 1. The Balaban J connectivity index is 1.74. The third-order valence-corrected chi connectivity index (χ3v) is 11.1. The lowest BCUT2D eigenvalue weighted by Crippen LogP contribution is -2.29. The smallest absolute Gasteiger partial charge is 0.449 e. The normalized spacial score (nSPS) is 12.1. The third kappa shape index (κ3) is 20.7. The number of aryl methyl sites for hydroxylation is 1. The monoisotopic (exact) mass is 725 g/mol. The van der Waals surface area contributed by atoms with Crippen LogP contribution in [0.3, 0.4) is 0 Å². The summed E-state index contributed by atoms with van der Waals surface area (Å²) in [6, 6.07) is 7.63. The number of unbranched alkanes of at least 4 members (excludes halogenated alkanes) is 28. The van der Waals surface area contributed by atoms with Gasteiger partial charge in [-0.05, 0) is 18.9 Å². The lowest BCUT2D eigenvalue weighted by Gasteiger charge is -2.20. The molecule has 1 aromatic carbocycles. The van der Waals surface area contributed by atoms with E-state index >= 15 is 0 Å². The highest BCUT2D eigenvalue weighted by molar-refractivity contribution is 5.89. The first kappa shape index (κ1) is 45.7. The zero-order valence-electron chi connectivity index (χ0n) is 34.1. The topological polar surface area (TPSA) is 80.6 Å². The molecule has 1 atom stereocenters. The molecule has 6 nitrogen and oxygen atoms in total. The predicted octanol–water partition coefficient (Wildman–Crippen LogP) is 14.9. The molecule has 1 aromatic heterocycles. The van der Waals surface area contributed by atoms with E-state index in [2.05, 4.69) is 19.2 Å². The highest BCUT2D eigenvalue weighted by Gasteiger charge is 2.27. The van der Waals surface area contributed by atoms with Crippen molar-refractivity contribution >= 4 is 23.0 Å². The van der Waals surface area contributed by atoms with Gasteiger partial charge in [0, 0.05) is 24.4 Å². The highest BCUT2D eigenvalue weighted by Crippen LogP contribution is 2.38. The molecular weight excluding hydrogens is 645 g/mol. The average Bonchev–Trinajstić information content (AvgIpc) is 3.41. The number of aromatic nitrogens is 1. The van der Waals surface area contributed by atoms with Crippen LogP contribution in [0.25, 0.3) is 10.9 Å². The van der Waals surface area contributed by atoms with Crippen LogP contribution in [0, 0.1) is 0 Å². The fraction of sp³-hybridized carbons (Fsp3) is 0.783. The number of carboxylic acid groups (broad SMARTS) is 1. The van der Waals surface area contributed by atoms with Crippen molar-refractivity contribution in [1.29, 1.82) is 0 Å². The molecule has 2 aromatic rings. The van der Waals surface area contributed by atoms with E-state index in [-0.39, 0.29) is 11.9 Å².